The van der Waals surface area contributed by atoms with Crippen molar-refractivity contribution in [3.05, 3.63) is 65.2 Å². The molecule has 26 heavy (non-hydrogen) atoms. The summed E-state index contributed by atoms with van der Waals surface area (Å²) in [5.41, 5.74) is 3.62. The van der Waals surface area contributed by atoms with Crippen LogP contribution in [0.25, 0.3) is 0 Å². The molecule has 1 atom stereocenters. The molecule has 0 spiro atoms. The van der Waals surface area contributed by atoms with Gasteiger partial charge < -0.3 is 14.4 Å². The van der Waals surface area contributed by atoms with Gasteiger partial charge in [-0.25, -0.2) is 0 Å². The molecule has 1 amide bonds. The van der Waals surface area contributed by atoms with Crippen molar-refractivity contribution in [3.8, 4) is 5.75 Å². The summed E-state index contributed by atoms with van der Waals surface area (Å²) < 4.78 is 11.1. The minimum Gasteiger partial charge on any atom is -0.497 e. The van der Waals surface area contributed by atoms with Gasteiger partial charge in [0, 0.05) is 13.0 Å². The summed E-state index contributed by atoms with van der Waals surface area (Å²) in [6, 6.07) is 16.4. The van der Waals surface area contributed by atoms with Crippen LogP contribution in [0.1, 0.15) is 36.1 Å². The van der Waals surface area contributed by atoms with Crippen molar-refractivity contribution in [2.75, 3.05) is 26.8 Å². The van der Waals surface area contributed by atoms with E-state index >= 15 is 0 Å². The van der Waals surface area contributed by atoms with E-state index < -0.39 is 0 Å². The first-order chi connectivity index (χ1) is 12.7. The summed E-state index contributed by atoms with van der Waals surface area (Å²) >= 11 is 0. The number of aryl methyl sites for hydroxylation is 2. The highest BCUT2D eigenvalue weighted by Crippen LogP contribution is 2.23. The van der Waals surface area contributed by atoms with Gasteiger partial charge in [0.15, 0.2) is 0 Å². The molecule has 0 bridgehead atoms. The summed E-state index contributed by atoms with van der Waals surface area (Å²) in [5.74, 6) is 1.03. The highest BCUT2D eigenvalue weighted by molar-refractivity contribution is 5.76. The molecule has 2 aromatic rings. The lowest BCUT2D eigenvalue weighted by atomic mass is 10.0. The van der Waals surface area contributed by atoms with Crippen molar-refractivity contribution >= 4 is 5.91 Å². The van der Waals surface area contributed by atoms with Gasteiger partial charge in [-0.3, -0.25) is 4.79 Å². The average Bonchev–Trinajstić information content (AvgIpc) is 2.72. The molecule has 4 heteroatoms. The lowest BCUT2D eigenvalue weighted by Gasteiger charge is -2.33. The topological polar surface area (TPSA) is 38.8 Å². The first-order valence-electron chi connectivity index (χ1n) is 9.30. The third-order valence-electron chi connectivity index (χ3n) is 4.97. The maximum atomic E-state index is 12.6. The van der Waals surface area contributed by atoms with Crippen LogP contribution >= 0.6 is 0 Å². The fourth-order valence-electron chi connectivity index (χ4n) is 3.25. The Morgan fingerprint density at radius 1 is 1.12 bits per heavy atom. The van der Waals surface area contributed by atoms with Crippen molar-refractivity contribution in [2.24, 2.45) is 0 Å². The standard InChI is InChI=1S/C22H27NO3/c1-3-17-4-9-19(10-5-17)21-16-23(14-15-26-21)22(24)13-8-18-6-11-20(25-2)12-7-18/h4-7,9-12,21H,3,8,13-16H2,1-2H3. The molecular weight excluding hydrogens is 326 g/mol. The summed E-state index contributed by atoms with van der Waals surface area (Å²) in [4.78, 5) is 14.6. The van der Waals surface area contributed by atoms with Crippen molar-refractivity contribution in [2.45, 2.75) is 32.3 Å². The van der Waals surface area contributed by atoms with Gasteiger partial charge in [-0.1, -0.05) is 43.3 Å². The molecule has 0 aliphatic carbocycles. The van der Waals surface area contributed by atoms with Gasteiger partial charge in [0.1, 0.15) is 11.9 Å². The summed E-state index contributed by atoms with van der Waals surface area (Å²) in [6.45, 7) is 4.04. The first kappa shape index (κ1) is 18.5. The number of benzene rings is 2. The van der Waals surface area contributed by atoms with Gasteiger partial charge in [-0.05, 0) is 41.7 Å². The van der Waals surface area contributed by atoms with Crippen LogP contribution in [0.4, 0.5) is 0 Å². The second-order valence-corrected chi connectivity index (χ2v) is 6.64. The quantitative estimate of drug-likeness (QED) is 0.793. The van der Waals surface area contributed by atoms with Crippen molar-refractivity contribution in [1.29, 1.82) is 0 Å². The van der Waals surface area contributed by atoms with Crippen LogP contribution < -0.4 is 4.74 Å². The molecule has 1 fully saturated rings. The van der Waals surface area contributed by atoms with Gasteiger partial charge in [0.2, 0.25) is 5.91 Å². The monoisotopic (exact) mass is 353 g/mol. The molecule has 2 aromatic carbocycles. The average molecular weight is 353 g/mol. The number of morpholine rings is 1. The molecule has 0 saturated carbocycles. The van der Waals surface area contributed by atoms with E-state index in [1.165, 1.54) is 5.56 Å². The molecule has 1 aliphatic rings. The lowest BCUT2D eigenvalue weighted by Crippen LogP contribution is -2.42. The van der Waals surface area contributed by atoms with Crippen LogP contribution in [0.2, 0.25) is 0 Å². The van der Waals surface area contributed by atoms with Crippen LogP contribution in [0.3, 0.4) is 0 Å². The fraction of sp³-hybridized carbons (Fsp3) is 0.409. The Morgan fingerprint density at radius 2 is 1.81 bits per heavy atom. The number of amides is 1. The van der Waals surface area contributed by atoms with E-state index in [-0.39, 0.29) is 12.0 Å². The number of ether oxygens (including phenoxy) is 2. The normalized spacial score (nSPS) is 17.2. The maximum Gasteiger partial charge on any atom is 0.223 e. The molecule has 1 saturated heterocycles. The van der Waals surface area contributed by atoms with E-state index in [4.69, 9.17) is 9.47 Å². The van der Waals surface area contributed by atoms with Crippen LogP contribution in [0.5, 0.6) is 5.75 Å². The number of rotatable bonds is 6. The Bertz CT molecular complexity index is 709. The number of nitrogens with zero attached hydrogens (tertiary/aromatic N) is 1. The molecule has 1 aliphatic heterocycles. The molecule has 0 radical (unpaired) electrons. The summed E-state index contributed by atoms with van der Waals surface area (Å²) in [7, 11) is 1.66. The smallest absolute Gasteiger partial charge is 0.223 e. The van der Waals surface area contributed by atoms with E-state index in [0.29, 0.717) is 26.1 Å². The van der Waals surface area contributed by atoms with E-state index in [0.717, 1.165) is 29.7 Å². The largest absolute Gasteiger partial charge is 0.497 e. The number of carbonyl (C=O) groups excluding carboxylic acids is 1. The lowest BCUT2D eigenvalue weighted by molar-refractivity contribution is -0.139. The number of hydrogen-bond acceptors (Lipinski definition) is 3. The summed E-state index contributed by atoms with van der Waals surface area (Å²) in [5, 5.41) is 0. The van der Waals surface area contributed by atoms with E-state index in [1.807, 2.05) is 29.2 Å². The Hall–Kier alpha value is -2.33. The zero-order chi connectivity index (χ0) is 18.4. The number of methoxy groups -OCH3 is 1. The van der Waals surface area contributed by atoms with Gasteiger partial charge in [-0.15, -0.1) is 0 Å². The zero-order valence-electron chi connectivity index (χ0n) is 15.6. The highest BCUT2D eigenvalue weighted by atomic mass is 16.5. The third-order valence-corrected chi connectivity index (χ3v) is 4.97. The third kappa shape index (κ3) is 4.64. The minimum absolute atomic E-state index is 0.0282. The first-order valence-corrected chi connectivity index (χ1v) is 9.30. The molecule has 0 aromatic heterocycles. The van der Waals surface area contributed by atoms with Crippen molar-refractivity contribution in [1.82, 2.24) is 4.90 Å². The van der Waals surface area contributed by atoms with Crippen LogP contribution in [-0.4, -0.2) is 37.6 Å². The summed E-state index contributed by atoms with van der Waals surface area (Å²) in [6.07, 6.45) is 2.27. The van der Waals surface area contributed by atoms with E-state index in [1.54, 1.807) is 7.11 Å². The van der Waals surface area contributed by atoms with Crippen molar-refractivity contribution in [3.63, 3.8) is 0 Å². The van der Waals surface area contributed by atoms with Crippen LogP contribution in [0.15, 0.2) is 48.5 Å². The van der Waals surface area contributed by atoms with Crippen LogP contribution in [-0.2, 0) is 22.4 Å². The van der Waals surface area contributed by atoms with E-state index in [2.05, 4.69) is 31.2 Å². The van der Waals surface area contributed by atoms with Gasteiger partial charge in [0.05, 0.1) is 20.3 Å². The Balaban J connectivity index is 1.54. The zero-order valence-corrected chi connectivity index (χ0v) is 15.6. The van der Waals surface area contributed by atoms with E-state index in [9.17, 15) is 4.79 Å². The molecule has 1 unspecified atom stereocenters. The van der Waals surface area contributed by atoms with Crippen LogP contribution in [0, 0.1) is 0 Å². The molecule has 1 heterocycles. The Kier molecular flexibility index (Phi) is 6.29. The van der Waals surface area contributed by atoms with Gasteiger partial charge in [0.25, 0.3) is 0 Å². The number of carbonyl (C=O) groups is 1. The van der Waals surface area contributed by atoms with Gasteiger partial charge >= 0.3 is 0 Å². The van der Waals surface area contributed by atoms with Crippen molar-refractivity contribution < 1.29 is 14.3 Å². The Morgan fingerprint density at radius 3 is 2.46 bits per heavy atom. The second kappa shape index (κ2) is 8.86. The Labute approximate surface area is 155 Å². The SMILES string of the molecule is CCc1ccc(C2CN(C(=O)CCc3ccc(OC)cc3)CCO2)cc1. The van der Waals surface area contributed by atoms with Gasteiger partial charge in [-0.2, -0.15) is 0 Å². The second-order valence-electron chi connectivity index (χ2n) is 6.64. The molecule has 4 nitrogen and oxygen atoms in total. The molecule has 0 N–H and O–H groups in total. The maximum absolute atomic E-state index is 12.6. The number of hydrogen-bond donors (Lipinski definition) is 0. The molecule has 138 valence electrons. The fourth-order valence-corrected chi connectivity index (χ4v) is 3.25. The molecule has 3 rings (SSSR count). The highest BCUT2D eigenvalue weighted by Gasteiger charge is 2.25. The predicted molar refractivity (Wildman–Crippen MR) is 102 cm³/mol. The molecular formula is C22H27NO3. The minimum atomic E-state index is -0.0282. The predicted octanol–water partition coefficient (Wildman–Crippen LogP) is 3.79.